The summed E-state index contributed by atoms with van der Waals surface area (Å²) < 4.78 is 5.66. The molecule has 0 aromatic carbocycles. The Bertz CT molecular complexity index is 228. The van der Waals surface area contributed by atoms with Gasteiger partial charge in [0.05, 0.1) is 6.61 Å². The minimum atomic E-state index is 0.231. The zero-order valence-electron chi connectivity index (χ0n) is 11.5. The number of hydrogen-bond acceptors (Lipinski definition) is 3. The number of hydrogen-bond donors (Lipinski definition) is 1. The van der Waals surface area contributed by atoms with Crippen molar-refractivity contribution in [2.75, 3.05) is 39.4 Å². The molecule has 0 aromatic rings. The van der Waals surface area contributed by atoms with E-state index in [1.165, 1.54) is 32.4 Å². The van der Waals surface area contributed by atoms with E-state index in [9.17, 15) is 0 Å². The third-order valence-electron chi connectivity index (χ3n) is 4.34. The molecule has 100 valence electrons. The lowest BCUT2D eigenvalue weighted by Gasteiger charge is -2.43. The first-order valence-electron chi connectivity index (χ1n) is 7.14. The number of ether oxygens (including phenoxy) is 1. The lowest BCUT2D eigenvalue weighted by atomic mass is 9.80. The standard InChI is InChI=1S/C14H28N2O/c1-12-6-13(2)8-16(7-12)10-14(9-15)4-3-5-17-11-14/h12-13H,3-11,15H2,1-2H3. The minimum absolute atomic E-state index is 0.231. The molecule has 0 aliphatic carbocycles. The van der Waals surface area contributed by atoms with Gasteiger partial charge < -0.3 is 15.4 Å². The van der Waals surface area contributed by atoms with Gasteiger partial charge in [-0.2, -0.15) is 0 Å². The Morgan fingerprint density at radius 1 is 1.29 bits per heavy atom. The van der Waals surface area contributed by atoms with Gasteiger partial charge in [-0.25, -0.2) is 0 Å². The van der Waals surface area contributed by atoms with Crippen LogP contribution < -0.4 is 5.73 Å². The van der Waals surface area contributed by atoms with Crippen LogP contribution in [0, 0.1) is 17.3 Å². The maximum atomic E-state index is 6.02. The smallest absolute Gasteiger partial charge is 0.0546 e. The van der Waals surface area contributed by atoms with Gasteiger partial charge in [-0.1, -0.05) is 13.8 Å². The number of nitrogens with zero attached hydrogens (tertiary/aromatic N) is 1. The van der Waals surface area contributed by atoms with E-state index in [0.29, 0.717) is 0 Å². The second-order valence-corrected chi connectivity index (χ2v) is 6.50. The van der Waals surface area contributed by atoms with Crippen molar-refractivity contribution >= 4 is 0 Å². The average Bonchev–Trinajstić information content (AvgIpc) is 2.29. The predicted molar refractivity (Wildman–Crippen MR) is 70.9 cm³/mol. The van der Waals surface area contributed by atoms with Crippen LogP contribution in [0.5, 0.6) is 0 Å². The lowest BCUT2D eigenvalue weighted by Crippen LogP contribution is -2.51. The highest BCUT2D eigenvalue weighted by Crippen LogP contribution is 2.31. The normalized spacial score (nSPS) is 40.4. The van der Waals surface area contributed by atoms with Gasteiger partial charge in [0.2, 0.25) is 0 Å². The number of piperidine rings is 1. The second kappa shape index (κ2) is 5.68. The van der Waals surface area contributed by atoms with Gasteiger partial charge in [0.1, 0.15) is 0 Å². The maximum Gasteiger partial charge on any atom is 0.0546 e. The Morgan fingerprint density at radius 3 is 2.53 bits per heavy atom. The van der Waals surface area contributed by atoms with Gasteiger partial charge in [-0.05, 0) is 31.1 Å². The lowest BCUT2D eigenvalue weighted by molar-refractivity contribution is -0.0310. The largest absolute Gasteiger partial charge is 0.381 e. The molecule has 0 bridgehead atoms. The van der Waals surface area contributed by atoms with Crippen molar-refractivity contribution in [1.82, 2.24) is 4.90 Å². The molecule has 0 aromatic heterocycles. The molecule has 0 saturated carbocycles. The van der Waals surface area contributed by atoms with Crippen molar-refractivity contribution in [3.63, 3.8) is 0 Å². The monoisotopic (exact) mass is 240 g/mol. The number of likely N-dealkylation sites (tertiary alicyclic amines) is 1. The molecule has 17 heavy (non-hydrogen) atoms. The van der Waals surface area contributed by atoms with Crippen LogP contribution in [0.4, 0.5) is 0 Å². The molecule has 2 aliphatic heterocycles. The first-order chi connectivity index (χ1) is 8.13. The minimum Gasteiger partial charge on any atom is -0.381 e. The van der Waals surface area contributed by atoms with Crippen molar-refractivity contribution in [2.24, 2.45) is 23.0 Å². The van der Waals surface area contributed by atoms with Crippen molar-refractivity contribution < 1.29 is 4.74 Å². The first kappa shape index (κ1) is 13.3. The van der Waals surface area contributed by atoms with Gasteiger partial charge in [0.15, 0.2) is 0 Å². The Labute approximate surface area is 106 Å². The summed E-state index contributed by atoms with van der Waals surface area (Å²) in [5, 5.41) is 0. The molecule has 3 heteroatoms. The SMILES string of the molecule is CC1CC(C)CN(CC2(CN)CCCOC2)C1. The van der Waals surface area contributed by atoms with Gasteiger partial charge in [0.25, 0.3) is 0 Å². The van der Waals surface area contributed by atoms with E-state index in [0.717, 1.165) is 38.1 Å². The van der Waals surface area contributed by atoms with Crippen LogP contribution in [0.25, 0.3) is 0 Å². The van der Waals surface area contributed by atoms with E-state index >= 15 is 0 Å². The fourth-order valence-corrected chi connectivity index (χ4v) is 3.66. The highest BCUT2D eigenvalue weighted by Gasteiger charge is 2.35. The Balaban J connectivity index is 1.93. The van der Waals surface area contributed by atoms with Crippen LogP contribution >= 0.6 is 0 Å². The summed E-state index contributed by atoms with van der Waals surface area (Å²) >= 11 is 0. The van der Waals surface area contributed by atoms with E-state index in [1.807, 2.05) is 0 Å². The molecular weight excluding hydrogens is 212 g/mol. The third-order valence-corrected chi connectivity index (χ3v) is 4.34. The molecule has 3 nitrogen and oxygen atoms in total. The molecule has 2 rings (SSSR count). The molecule has 0 radical (unpaired) electrons. The van der Waals surface area contributed by atoms with Crippen molar-refractivity contribution in [3.8, 4) is 0 Å². The van der Waals surface area contributed by atoms with Crippen LogP contribution in [-0.4, -0.2) is 44.3 Å². The Morgan fingerprint density at radius 2 is 2.00 bits per heavy atom. The quantitative estimate of drug-likeness (QED) is 0.816. The zero-order valence-corrected chi connectivity index (χ0v) is 11.5. The van der Waals surface area contributed by atoms with Crippen LogP contribution in [0.2, 0.25) is 0 Å². The molecule has 0 spiro atoms. The van der Waals surface area contributed by atoms with E-state index in [-0.39, 0.29) is 5.41 Å². The number of rotatable bonds is 3. The Kier molecular flexibility index (Phi) is 4.45. The molecule has 3 unspecified atom stereocenters. The molecule has 2 fully saturated rings. The Hall–Kier alpha value is -0.120. The van der Waals surface area contributed by atoms with Crippen LogP contribution in [0.1, 0.15) is 33.1 Å². The van der Waals surface area contributed by atoms with Gasteiger partial charge in [-0.3, -0.25) is 0 Å². The second-order valence-electron chi connectivity index (χ2n) is 6.50. The molecular formula is C14H28N2O. The molecule has 2 aliphatic rings. The van der Waals surface area contributed by atoms with Crippen molar-refractivity contribution in [3.05, 3.63) is 0 Å². The molecule has 0 amide bonds. The highest BCUT2D eigenvalue weighted by atomic mass is 16.5. The molecule has 3 atom stereocenters. The van der Waals surface area contributed by atoms with Crippen LogP contribution in [0.3, 0.4) is 0 Å². The summed E-state index contributed by atoms with van der Waals surface area (Å²) in [6.45, 7) is 10.9. The van der Waals surface area contributed by atoms with E-state index < -0.39 is 0 Å². The van der Waals surface area contributed by atoms with Crippen molar-refractivity contribution in [2.45, 2.75) is 33.1 Å². The zero-order chi connectivity index (χ0) is 12.3. The average molecular weight is 240 g/mol. The summed E-state index contributed by atoms with van der Waals surface area (Å²) in [6, 6.07) is 0. The molecule has 2 saturated heterocycles. The molecule has 2 heterocycles. The van der Waals surface area contributed by atoms with Gasteiger partial charge >= 0.3 is 0 Å². The summed E-state index contributed by atoms with van der Waals surface area (Å²) in [5.41, 5.74) is 6.25. The summed E-state index contributed by atoms with van der Waals surface area (Å²) in [5.74, 6) is 1.66. The molecule has 2 N–H and O–H groups in total. The van der Waals surface area contributed by atoms with Crippen LogP contribution in [0.15, 0.2) is 0 Å². The van der Waals surface area contributed by atoms with E-state index in [2.05, 4.69) is 18.7 Å². The predicted octanol–water partition coefficient (Wildman–Crippen LogP) is 1.72. The summed E-state index contributed by atoms with van der Waals surface area (Å²) in [6.07, 6.45) is 3.79. The topological polar surface area (TPSA) is 38.5 Å². The van der Waals surface area contributed by atoms with Crippen LogP contribution in [-0.2, 0) is 4.74 Å². The van der Waals surface area contributed by atoms with Gasteiger partial charge in [0, 0.05) is 38.2 Å². The first-order valence-corrected chi connectivity index (χ1v) is 7.14. The maximum absolute atomic E-state index is 6.02. The summed E-state index contributed by atoms with van der Waals surface area (Å²) in [7, 11) is 0. The van der Waals surface area contributed by atoms with Crippen molar-refractivity contribution in [1.29, 1.82) is 0 Å². The fourth-order valence-electron chi connectivity index (χ4n) is 3.66. The summed E-state index contributed by atoms with van der Waals surface area (Å²) in [4.78, 5) is 2.63. The third kappa shape index (κ3) is 3.43. The fraction of sp³-hybridized carbons (Fsp3) is 1.00. The highest BCUT2D eigenvalue weighted by molar-refractivity contribution is 4.88. The van der Waals surface area contributed by atoms with E-state index in [1.54, 1.807) is 0 Å². The van der Waals surface area contributed by atoms with E-state index in [4.69, 9.17) is 10.5 Å². The van der Waals surface area contributed by atoms with Gasteiger partial charge in [-0.15, -0.1) is 0 Å². The number of nitrogens with two attached hydrogens (primary N) is 1.